The van der Waals surface area contributed by atoms with Gasteiger partial charge in [0.15, 0.2) is 0 Å². The predicted molar refractivity (Wildman–Crippen MR) is 83.9 cm³/mol. The average Bonchev–Trinajstić information content (AvgIpc) is 1.96. The van der Waals surface area contributed by atoms with Crippen molar-refractivity contribution in [3.05, 3.63) is 0 Å². The zero-order valence-electron chi connectivity index (χ0n) is 13.4. The lowest BCUT2D eigenvalue weighted by atomic mass is 9.70. The van der Waals surface area contributed by atoms with E-state index in [1.807, 2.05) is 0 Å². The van der Waals surface area contributed by atoms with Gasteiger partial charge >= 0.3 is 0 Å². The molecule has 0 heterocycles. The molecule has 0 radical (unpaired) electrons. The van der Waals surface area contributed by atoms with Gasteiger partial charge in [-0.15, -0.1) is 0 Å². The van der Waals surface area contributed by atoms with Crippen molar-refractivity contribution in [1.82, 2.24) is 0 Å². The summed E-state index contributed by atoms with van der Waals surface area (Å²) in [5, 5.41) is 0. The van der Waals surface area contributed by atoms with E-state index in [4.69, 9.17) is 0 Å². The molecule has 1 heteroatoms. The zero-order chi connectivity index (χ0) is 13.9. The van der Waals surface area contributed by atoms with Crippen LogP contribution in [0.3, 0.4) is 0 Å². The monoisotopic (exact) mass is 258 g/mol. The molecular weight excluding hydrogens is 224 g/mol. The SMILES string of the molecule is CC(CC(C)(C)CS)CC(C)(C)CC(C)(C)C. The van der Waals surface area contributed by atoms with E-state index in [0.29, 0.717) is 16.2 Å². The molecule has 0 aromatic heterocycles. The van der Waals surface area contributed by atoms with E-state index in [9.17, 15) is 0 Å². The summed E-state index contributed by atoms with van der Waals surface area (Å²) in [4.78, 5) is 0. The van der Waals surface area contributed by atoms with Gasteiger partial charge in [0.1, 0.15) is 0 Å². The standard InChI is InChI=1S/C16H34S/c1-13(10-16(7,8)12-17)9-15(5,6)11-14(2,3)4/h13,17H,9-12H2,1-8H3. The molecule has 0 aromatic rings. The Morgan fingerprint density at radius 2 is 1.24 bits per heavy atom. The third kappa shape index (κ3) is 8.99. The second-order valence-corrected chi connectivity index (χ2v) is 9.05. The Hall–Kier alpha value is 0.350. The Labute approximate surface area is 115 Å². The molecule has 0 aromatic carbocycles. The van der Waals surface area contributed by atoms with Crippen molar-refractivity contribution in [3.63, 3.8) is 0 Å². The smallest absolute Gasteiger partial charge is 0.00463 e. The van der Waals surface area contributed by atoms with Crippen LogP contribution in [0.2, 0.25) is 0 Å². The van der Waals surface area contributed by atoms with Crippen LogP contribution in [0.25, 0.3) is 0 Å². The highest BCUT2D eigenvalue weighted by atomic mass is 32.1. The van der Waals surface area contributed by atoms with Crippen LogP contribution in [0.5, 0.6) is 0 Å². The Kier molecular flexibility index (Phi) is 6.12. The summed E-state index contributed by atoms with van der Waals surface area (Å²) < 4.78 is 0. The van der Waals surface area contributed by atoms with E-state index in [0.717, 1.165) is 11.7 Å². The van der Waals surface area contributed by atoms with Gasteiger partial charge in [0, 0.05) is 0 Å². The molecule has 0 N–H and O–H groups in total. The van der Waals surface area contributed by atoms with Crippen LogP contribution in [0.15, 0.2) is 0 Å². The molecule has 0 aliphatic rings. The molecule has 0 rings (SSSR count). The predicted octanol–water partition coefficient (Wildman–Crippen LogP) is 5.82. The van der Waals surface area contributed by atoms with E-state index in [1.165, 1.54) is 19.3 Å². The van der Waals surface area contributed by atoms with E-state index in [2.05, 4.69) is 68.0 Å². The number of rotatable bonds is 6. The molecule has 0 saturated heterocycles. The van der Waals surface area contributed by atoms with Gasteiger partial charge in [0.25, 0.3) is 0 Å². The molecule has 104 valence electrons. The van der Waals surface area contributed by atoms with Crippen LogP contribution in [0.4, 0.5) is 0 Å². The van der Waals surface area contributed by atoms with Crippen molar-refractivity contribution in [2.45, 2.75) is 74.7 Å². The fraction of sp³-hybridized carbons (Fsp3) is 1.00. The summed E-state index contributed by atoms with van der Waals surface area (Å²) in [5.41, 5.74) is 1.26. The fourth-order valence-corrected chi connectivity index (χ4v) is 3.66. The van der Waals surface area contributed by atoms with E-state index in [1.54, 1.807) is 0 Å². The van der Waals surface area contributed by atoms with Crippen LogP contribution in [0.1, 0.15) is 74.7 Å². The molecule has 1 atom stereocenters. The van der Waals surface area contributed by atoms with Crippen molar-refractivity contribution >= 4 is 12.6 Å². The van der Waals surface area contributed by atoms with Gasteiger partial charge in [-0.05, 0) is 47.2 Å². The lowest BCUT2D eigenvalue weighted by Gasteiger charge is -2.36. The lowest BCUT2D eigenvalue weighted by Crippen LogP contribution is -2.25. The van der Waals surface area contributed by atoms with Crippen LogP contribution in [-0.4, -0.2) is 5.75 Å². The summed E-state index contributed by atoms with van der Waals surface area (Å²) >= 11 is 4.46. The highest BCUT2D eigenvalue weighted by Crippen LogP contribution is 2.40. The van der Waals surface area contributed by atoms with Gasteiger partial charge < -0.3 is 0 Å². The van der Waals surface area contributed by atoms with Gasteiger partial charge in [0.05, 0.1) is 0 Å². The highest BCUT2D eigenvalue weighted by molar-refractivity contribution is 7.80. The molecule has 0 bridgehead atoms. The second-order valence-electron chi connectivity index (χ2n) is 8.74. The third-order valence-electron chi connectivity index (χ3n) is 3.24. The summed E-state index contributed by atoms with van der Waals surface area (Å²) in [6, 6.07) is 0. The summed E-state index contributed by atoms with van der Waals surface area (Å²) in [7, 11) is 0. The van der Waals surface area contributed by atoms with Crippen molar-refractivity contribution < 1.29 is 0 Å². The van der Waals surface area contributed by atoms with Gasteiger partial charge in [-0.3, -0.25) is 0 Å². The third-order valence-corrected chi connectivity index (χ3v) is 4.10. The average molecular weight is 259 g/mol. The molecule has 0 fully saturated rings. The second kappa shape index (κ2) is 5.99. The minimum Gasteiger partial charge on any atom is -0.179 e. The number of hydrogen-bond acceptors (Lipinski definition) is 1. The normalized spacial score (nSPS) is 16.1. The van der Waals surface area contributed by atoms with Crippen LogP contribution < -0.4 is 0 Å². The molecule has 17 heavy (non-hydrogen) atoms. The van der Waals surface area contributed by atoms with Crippen molar-refractivity contribution in [1.29, 1.82) is 0 Å². The summed E-state index contributed by atoms with van der Waals surface area (Å²) in [5.74, 6) is 1.77. The lowest BCUT2D eigenvalue weighted by molar-refractivity contribution is 0.156. The topological polar surface area (TPSA) is 0 Å². The molecule has 0 aliphatic heterocycles. The number of thiol groups is 1. The first-order valence-corrected chi connectivity index (χ1v) is 7.61. The van der Waals surface area contributed by atoms with Gasteiger partial charge in [-0.2, -0.15) is 12.6 Å². The summed E-state index contributed by atoms with van der Waals surface area (Å²) in [6.07, 6.45) is 3.90. The minimum atomic E-state index is 0.375. The fourth-order valence-electron chi connectivity index (χ4n) is 3.53. The maximum Gasteiger partial charge on any atom is -0.00463 e. The van der Waals surface area contributed by atoms with Gasteiger partial charge in [-0.25, -0.2) is 0 Å². The van der Waals surface area contributed by atoms with Crippen molar-refractivity contribution in [2.75, 3.05) is 5.75 Å². The molecule has 0 saturated carbocycles. The van der Waals surface area contributed by atoms with Gasteiger partial charge in [0.2, 0.25) is 0 Å². The van der Waals surface area contributed by atoms with E-state index in [-0.39, 0.29) is 0 Å². The first-order valence-electron chi connectivity index (χ1n) is 6.98. The maximum atomic E-state index is 4.46. The minimum absolute atomic E-state index is 0.375. The first kappa shape index (κ1) is 17.4. The van der Waals surface area contributed by atoms with Crippen molar-refractivity contribution in [2.24, 2.45) is 22.2 Å². The van der Waals surface area contributed by atoms with Crippen LogP contribution in [-0.2, 0) is 0 Å². The molecule has 0 nitrogen and oxygen atoms in total. The number of hydrogen-bond donors (Lipinski definition) is 1. The van der Waals surface area contributed by atoms with Gasteiger partial charge in [-0.1, -0.05) is 55.4 Å². The molecule has 0 aliphatic carbocycles. The largest absolute Gasteiger partial charge is 0.179 e. The molecular formula is C16H34S. The van der Waals surface area contributed by atoms with E-state index < -0.39 is 0 Å². The summed E-state index contributed by atoms with van der Waals surface area (Å²) in [6.45, 7) is 18.9. The Morgan fingerprint density at radius 3 is 1.59 bits per heavy atom. The van der Waals surface area contributed by atoms with Crippen molar-refractivity contribution in [3.8, 4) is 0 Å². The Balaban J connectivity index is 4.32. The first-order chi connectivity index (χ1) is 7.37. The highest BCUT2D eigenvalue weighted by Gasteiger charge is 2.29. The van der Waals surface area contributed by atoms with Crippen LogP contribution >= 0.6 is 12.6 Å². The molecule has 1 unspecified atom stereocenters. The quantitative estimate of drug-likeness (QED) is 0.570. The Bertz CT molecular complexity index is 220. The maximum absolute atomic E-state index is 4.46. The zero-order valence-corrected chi connectivity index (χ0v) is 14.2. The Morgan fingerprint density at radius 1 is 0.824 bits per heavy atom. The van der Waals surface area contributed by atoms with Crippen LogP contribution in [0, 0.1) is 22.2 Å². The molecule has 0 amide bonds. The molecule has 0 spiro atoms. The van der Waals surface area contributed by atoms with E-state index >= 15 is 0 Å².